The lowest BCUT2D eigenvalue weighted by Crippen LogP contribution is -2.55. The Morgan fingerprint density at radius 3 is 2.83 bits per heavy atom. The molecule has 5 aliphatic rings. The molecule has 0 bridgehead atoms. The predicted molar refractivity (Wildman–Crippen MR) is 81.4 cm³/mol. The Hall–Kier alpha value is -1.03. The van der Waals surface area contributed by atoms with E-state index < -0.39 is 12.1 Å². The summed E-state index contributed by atoms with van der Waals surface area (Å²) in [6, 6.07) is 0. The van der Waals surface area contributed by atoms with Crippen LogP contribution >= 0.6 is 0 Å². The topological polar surface area (TPSA) is 46.7 Å². The van der Waals surface area contributed by atoms with E-state index in [9.17, 15) is 14.0 Å². The molecule has 1 aliphatic heterocycles. The summed E-state index contributed by atoms with van der Waals surface area (Å²) < 4.78 is 19.6. The second-order valence-corrected chi connectivity index (χ2v) is 8.58. The molecule has 0 aromatic carbocycles. The Balaban J connectivity index is 1.60. The molecule has 0 aromatic heterocycles. The summed E-state index contributed by atoms with van der Waals surface area (Å²) in [6.45, 7) is 1.69. The van der Waals surface area contributed by atoms with E-state index in [-0.39, 0.29) is 40.8 Å². The van der Waals surface area contributed by atoms with Gasteiger partial charge in [0, 0.05) is 12.3 Å². The molecule has 0 aromatic rings. The van der Waals surface area contributed by atoms with Gasteiger partial charge in [-0.15, -0.1) is 0 Å². The van der Waals surface area contributed by atoms with Crippen molar-refractivity contribution in [3.63, 3.8) is 0 Å². The Kier molecular flexibility index (Phi) is 2.69. The Labute approximate surface area is 135 Å². The van der Waals surface area contributed by atoms with Gasteiger partial charge < -0.3 is 4.74 Å². The van der Waals surface area contributed by atoms with Crippen molar-refractivity contribution in [2.75, 3.05) is 6.67 Å². The molecule has 4 fully saturated rings. The SMILES string of the molecule is C[C@]12CC[C@H]3O[C@H]3C1=CC(=O)[C@H]1[C@@H]3CCC(=O)[C@@]3(CF)CC[C@@H]12. The van der Waals surface area contributed by atoms with Crippen molar-refractivity contribution < 1.29 is 18.7 Å². The average molecular weight is 318 g/mol. The van der Waals surface area contributed by atoms with Gasteiger partial charge in [-0.05, 0) is 61.0 Å². The number of carbonyl (C=O) groups excluding carboxylic acids is 2. The number of fused-ring (bicyclic) bond motifs is 7. The first kappa shape index (κ1) is 14.3. The van der Waals surface area contributed by atoms with Gasteiger partial charge in [-0.1, -0.05) is 6.92 Å². The van der Waals surface area contributed by atoms with E-state index in [2.05, 4.69) is 6.92 Å². The molecule has 0 N–H and O–H groups in total. The minimum absolute atomic E-state index is 0.00432. The van der Waals surface area contributed by atoms with Gasteiger partial charge in [0.15, 0.2) is 5.78 Å². The molecule has 0 amide bonds. The molecule has 7 atom stereocenters. The smallest absolute Gasteiger partial charge is 0.159 e. The van der Waals surface area contributed by atoms with Crippen LogP contribution in [0.2, 0.25) is 0 Å². The number of ether oxygens (including phenoxy) is 1. The van der Waals surface area contributed by atoms with Crippen LogP contribution in [0.5, 0.6) is 0 Å². The third-order valence-electron chi connectivity index (χ3n) is 7.90. The molecule has 5 rings (SSSR count). The first-order valence-corrected chi connectivity index (χ1v) is 9.02. The quantitative estimate of drug-likeness (QED) is 0.698. The van der Waals surface area contributed by atoms with Crippen LogP contribution in [-0.4, -0.2) is 30.4 Å². The number of carbonyl (C=O) groups is 2. The largest absolute Gasteiger partial charge is 0.365 e. The lowest BCUT2D eigenvalue weighted by atomic mass is 9.48. The fraction of sp³-hybridized carbons (Fsp3) is 0.789. The highest BCUT2D eigenvalue weighted by molar-refractivity contribution is 5.97. The average Bonchev–Trinajstić information content (AvgIpc) is 3.26. The number of alkyl halides is 1. The molecule has 1 heterocycles. The van der Waals surface area contributed by atoms with Crippen molar-refractivity contribution in [1.82, 2.24) is 0 Å². The molecule has 0 unspecified atom stereocenters. The molecule has 23 heavy (non-hydrogen) atoms. The second-order valence-electron chi connectivity index (χ2n) is 8.58. The van der Waals surface area contributed by atoms with Crippen LogP contribution in [0.4, 0.5) is 4.39 Å². The number of hydrogen-bond donors (Lipinski definition) is 0. The van der Waals surface area contributed by atoms with Gasteiger partial charge in [0.05, 0.1) is 11.5 Å². The van der Waals surface area contributed by atoms with Crippen LogP contribution in [-0.2, 0) is 14.3 Å². The highest BCUT2D eigenvalue weighted by atomic mass is 19.1. The van der Waals surface area contributed by atoms with Crippen LogP contribution in [0.25, 0.3) is 0 Å². The Morgan fingerprint density at radius 2 is 2.04 bits per heavy atom. The number of ketones is 2. The van der Waals surface area contributed by atoms with E-state index in [0.717, 1.165) is 19.3 Å². The van der Waals surface area contributed by atoms with Crippen molar-refractivity contribution in [3.05, 3.63) is 11.6 Å². The molecule has 4 heteroatoms. The van der Waals surface area contributed by atoms with E-state index in [0.29, 0.717) is 25.4 Å². The summed E-state index contributed by atoms with van der Waals surface area (Å²) in [5.41, 5.74) is 0.341. The summed E-state index contributed by atoms with van der Waals surface area (Å²) in [5, 5.41) is 0. The number of Topliss-reactive ketones (excluding diaryl/α,β-unsaturated/α-hetero) is 1. The third-order valence-corrected chi connectivity index (χ3v) is 7.90. The normalized spacial score (nSPS) is 53.8. The van der Waals surface area contributed by atoms with Gasteiger partial charge in [0.25, 0.3) is 0 Å². The van der Waals surface area contributed by atoms with Crippen molar-refractivity contribution in [3.8, 4) is 0 Å². The number of rotatable bonds is 1. The first-order valence-electron chi connectivity index (χ1n) is 9.02. The monoisotopic (exact) mass is 318 g/mol. The van der Waals surface area contributed by atoms with Crippen LogP contribution in [0.1, 0.15) is 45.4 Å². The summed E-state index contributed by atoms with van der Waals surface area (Å²) in [7, 11) is 0. The van der Waals surface area contributed by atoms with Gasteiger partial charge in [-0.2, -0.15) is 0 Å². The molecular weight excluding hydrogens is 295 g/mol. The maximum Gasteiger partial charge on any atom is 0.159 e. The van der Waals surface area contributed by atoms with Crippen molar-refractivity contribution in [1.29, 1.82) is 0 Å². The van der Waals surface area contributed by atoms with Crippen LogP contribution in [0.15, 0.2) is 11.6 Å². The van der Waals surface area contributed by atoms with Crippen molar-refractivity contribution >= 4 is 11.6 Å². The number of halogens is 1. The van der Waals surface area contributed by atoms with E-state index in [1.54, 1.807) is 0 Å². The van der Waals surface area contributed by atoms with Crippen LogP contribution in [0.3, 0.4) is 0 Å². The van der Waals surface area contributed by atoms with Gasteiger partial charge in [0.1, 0.15) is 18.6 Å². The summed E-state index contributed by atoms with van der Waals surface area (Å²) >= 11 is 0. The summed E-state index contributed by atoms with van der Waals surface area (Å²) in [5.74, 6) is 0.214. The van der Waals surface area contributed by atoms with Crippen molar-refractivity contribution in [2.24, 2.45) is 28.6 Å². The van der Waals surface area contributed by atoms with Crippen molar-refractivity contribution in [2.45, 2.75) is 57.7 Å². The van der Waals surface area contributed by atoms with E-state index in [1.807, 2.05) is 6.08 Å². The molecule has 3 saturated carbocycles. The van der Waals surface area contributed by atoms with Gasteiger partial charge >= 0.3 is 0 Å². The highest BCUT2D eigenvalue weighted by Gasteiger charge is 2.65. The zero-order valence-corrected chi connectivity index (χ0v) is 13.5. The van der Waals surface area contributed by atoms with Gasteiger partial charge in [-0.3, -0.25) is 9.59 Å². The van der Waals surface area contributed by atoms with E-state index in [4.69, 9.17) is 4.74 Å². The minimum atomic E-state index is -0.855. The fourth-order valence-corrected chi connectivity index (χ4v) is 6.53. The first-order chi connectivity index (χ1) is 11.0. The number of epoxide rings is 1. The minimum Gasteiger partial charge on any atom is -0.365 e. The maximum atomic E-state index is 13.9. The molecule has 0 spiro atoms. The molecule has 1 saturated heterocycles. The van der Waals surface area contributed by atoms with Crippen LogP contribution in [0, 0.1) is 28.6 Å². The molecule has 3 nitrogen and oxygen atoms in total. The summed E-state index contributed by atoms with van der Waals surface area (Å²) in [6.07, 6.45) is 6.97. The zero-order chi connectivity index (χ0) is 16.0. The summed E-state index contributed by atoms with van der Waals surface area (Å²) in [4.78, 5) is 25.3. The third kappa shape index (κ3) is 1.59. The fourth-order valence-electron chi connectivity index (χ4n) is 6.53. The molecule has 0 radical (unpaired) electrons. The maximum absolute atomic E-state index is 13.9. The Bertz CT molecular complexity index is 641. The van der Waals surface area contributed by atoms with E-state index >= 15 is 0 Å². The highest BCUT2D eigenvalue weighted by Crippen LogP contribution is 2.65. The second kappa shape index (κ2) is 4.33. The number of hydrogen-bond acceptors (Lipinski definition) is 3. The van der Waals surface area contributed by atoms with Crippen LogP contribution < -0.4 is 0 Å². The Morgan fingerprint density at radius 1 is 1.22 bits per heavy atom. The lowest BCUT2D eigenvalue weighted by Gasteiger charge is -2.54. The van der Waals surface area contributed by atoms with Gasteiger partial charge in [0.2, 0.25) is 0 Å². The molecular formula is C19H23FO3. The molecule has 124 valence electrons. The predicted octanol–water partition coefficient (Wildman–Crippen LogP) is 3.02. The zero-order valence-electron chi connectivity index (χ0n) is 13.5. The standard InChI is InChI=1S/C19H23FO3/c1-18-6-5-14-17(23-14)12(18)8-13(21)16-10(18)4-7-19(9-20)11(16)2-3-15(19)22/h8,10-11,14,16-17H,2-7,9H2,1H3/t10-,11-,14+,16+,17-,18+,19+/m0/s1. The van der Waals surface area contributed by atoms with Gasteiger partial charge in [-0.25, -0.2) is 4.39 Å². The molecule has 4 aliphatic carbocycles. The number of allylic oxidation sites excluding steroid dienone is 1. The van der Waals surface area contributed by atoms with E-state index in [1.165, 1.54) is 5.57 Å². The lowest BCUT2D eigenvalue weighted by molar-refractivity contribution is -0.142.